The molecule has 0 aromatic heterocycles. The average molecular weight is 613 g/mol. The minimum Gasteiger partial charge on any atom is -0.756 e. The first-order valence-corrected chi connectivity index (χ1v) is 16.7. The van der Waals surface area contributed by atoms with E-state index in [2.05, 4.69) is 20.5 Å². The number of unbranched alkanes of at least 4 members (excludes halogenated alkanes) is 9. The molecule has 0 bridgehead atoms. The lowest BCUT2D eigenvalue weighted by atomic mass is 10.0. The summed E-state index contributed by atoms with van der Waals surface area (Å²) in [7, 11) is -4.90. The van der Waals surface area contributed by atoms with Crippen LogP contribution in [-0.4, -0.2) is 76.9 Å². The van der Waals surface area contributed by atoms with E-state index in [1.807, 2.05) is 11.8 Å². The molecule has 0 radical (unpaired) electrons. The molecule has 2 aliphatic rings. The Morgan fingerprint density at radius 1 is 1.00 bits per heavy atom. The van der Waals surface area contributed by atoms with E-state index in [-0.39, 0.29) is 43.2 Å². The number of amides is 3. The highest BCUT2D eigenvalue weighted by Crippen LogP contribution is 2.33. The first-order chi connectivity index (χ1) is 18.6. The minimum absolute atomic E-state index is 0. The van der Waals surface area contributed by atoms with Gasteiger partial charge in [0.2, 0.25) is 5.91 Å². The van der Waals surface area contributed by atoms with E-state index >= 15 is 0 Å². The molecule has 3 amide bonds. The summed E-state index contributed by atoms with van der Waals surface area (Å²) >= 11 is 1.91. The normalized spacial score (nSPS) is 21.9. The number of ether oxygens (including phenoxy) is 1. The highest BCUT2D eigenvalue weighted by atomic mass is 32.2. The predicted octanol–water partition coefficient (Wildman–Crippen LogP) is 2.49. The van der Waals surface area contributed by atoms with Crippen molar-refractivity contribution in [2.75, 3.05) is 25.5 Å². The molecule has 15 heteroatoms. The summed E-state index contributed by atoms with van der Waals surface area (Å²) in [5.74, 6) is 0.620. The zero-order valence-corrected chi connectivity index (χ0v) is 25.4. The Kier molecular flexibility index (Phi) is 18.7. The number of hydrogen-bond donors (Lipinski definition) is 6. The van der Waals surface area contributed by atoms with Crippen molar-refractivity contribution in [2.24, 2.45) is 0 Å². The second-order valence-electron chi connectivity index (χ2n) is 10.3. The van der Waals surface area contributed by atoms with Crippen LogP contribution < -0.4 is 27.0 Å². The van der Waals surface area contributed by atoms with Crippen LogP contribution in [0.5, 0.6) is 0 Å². The Hall–Kier alpha value is -1.41. The lowest BCUT2D eigenvalue weighted by molar-refractivity contribution is -0.222. The predicted molar refractivity (Wildman–Crippen MR) is 152 cm³/mol. The van der Waals surface area contributed by atoms with Crippen LogP contribution in [0.1, 0.15) is 89.9 Å². The monoisotopic (exact) mass is 612 g/mol. The van der Waals surface area contributed by atoms with Gasteiger partial charge in [-0.05, 0) is 25.7 Å². The number of phosphoric acid groups is 1. The van der Waals surface area contributed by atoms with E-state index in [9.17, 15) is 28.9 Å². The molecule has 1 unspecified atom stereocenters. The van der Waals surface area contributed by atoms with Gasteiger partial charge in [-0.15, -0.1) is 0 Å². The van der Waals surface area contributed by atoms with Crippen LogP contribution in [-0.2, 0) is 23.4 Å². The van der Waals surface area contributed by atoms with Gasteiger partial charge in [-0.1, -0.05) is 51.4 Å². The summed E-state index contributed by atoms with van der Waals surface area (Å²) in [4.78, 5) is 54.0. The van der Waals surface area contributed by atoms with Gasteiger partial charge in [0, 0.05) is 30.4 Å². The third-order valence-electron chi connectivity index (χ3n) is 6.83. The average Bonchev–Trinajstić information content (AvgIpc) is 3.43. The smallest absolute Gasteiger partial charge is 0.315 e. The van der Waals surface area contributed by atoms with Crippen molar-refractivity contribution in [2.45, 2.75) is 113 Å². The Morgan fingerprint density at radius 3 is 2.30 bits per heavy atom. The molecule has 2 saturated heterocycles. The maximum Gasteiger partial charge on any atom is 0.315 e. The second-order valence-corrected chi connectivity index (χ2v) is 12.7. The van der Waals surface area contributed by atoms with Crippen LogP contribution in [0.3, 0.4) is 0 Å². The molecule has 0 saturated carbocycles. The van der Waals surface area contributed by atoms with Gasteiger partial charge in [0.15, 0.2) is 0 Å². The fourth-order valence-corrected chi connectivity index (χ4v) is 6.62. The summed E-state index contributed by atoms with van der Waals surface area (Å²) in [5, 5.41) is 18.9. The minimum atomic E-state index is -4.90. The Balaban J connectivity index is 0.00000800. The number of rotatable bonds is 22. The molecule has 13 nitrogen and oxygen atoms in total. The third kappa shape index (κ3) is 16.8. The number of esters is 1. The fraction of sp³-hybridized carbons (Fsp3) is 0.880. The molecule has 0 aliphatic carbocycles. The van der Waals surface area contributed by atoms with Gasteiger partial charge in [0.05, 0.1) is 18.7 Å². The summed E-state index contributed by atoms with van der Waals surface area (Å²) in [6.07, 6.45) is 11.6. The van der Waals surface area contributed by atoms with Crippen LogP contribution in [0.2, 0.25) is 0 Å². The van der Waals surface area contributed by atoms with E-state index in [1.165, 1.54) is 0 Å². The lowest BCUT2D eigenvalue weighted by Crippen LogP contribution is -2.36. The molecular weight excluding hydrogens is 563 g/mol. The highest BCUT2D eigenvalue weighted by Gasteiger charge is 2.42. The molecule has 2 fully saturated rings. The van der Waals surface area contributed by atoms with Crippen molar-refractivity contribution in [3.05, 3.63) is 0 Å². The van der Waals surface area contributed by atoms with E-state index in [0.717, 1.165) is 82.9 Å². The third-order valence-corrected chi connectivity index (χ3v) is 8.81. The molecule has 0 spiro atoms. The van der Waals surface area contributed by atoms with Crippen LogP contribution in [0, 0.1) is 0 Å². The number of nitrogens with one attached hydrogen (secondary N) is 3. The zero-order chi connectivity index (χ0) is 28.5. The van der Waals surface area contributed by atoms with E-state index < -0.39 is 26.5 Å². The van der Waals surface area contributed by atoms with Crippen molar-refractivity contribution >= 4 is 37.5 Å². The number of thioether (sulfide) groups is 1. The Bertz CT molecular complexity index is 804. The number of aliphatic hydroxyl groups excluding tert-OH is 1. The molecule has 5 atom stereocenters. The number of hydrogen-bond acceptors (Lipinski definition) is 9. The number of quaternary nitrogens is 1. The second kappa shape index (κ2) is 20.5. The first-order valence-electron chi connectivity index (χ1n) is 14.1. The number of carbonyl (C=O) groups is 3. The molecule has 40 heavy (non-hydrogen) atoms. The van der Waals surface area contributed by atoms with Crippen LogP contribution in [0.15, 0.2) is 0 Å². The molecule has 2 rings (SSSR count). The lowest BCUT2D eigenvalue weighted by Gasteiger charge is -2.18. The van der Waals surface area contributed by atoms with Gasteiger partial charge >= 0.3 is 12.0 Å². The summed E-state index contributed by atoms with van der Waals surface area (Å²) in [5.41, 5.74) is 0. The summed E-state index contributed by atoms with van der Waals surface area (Å²) in [6, 6.07) is 0.423. The van der Waals surface area contributed by atoms with Crippen molar-refractivity contribution in [3.8, 4) is 0 Å². The molecule has 2 heterocycles. The number of fused-ring (bicyclic) bond motifs is 1. The number of phosphoric ester groups is 1. The molecule has 9 N–H and O–H groups in total. The SMILES string of the molecule is O=C(CCCC[C@@H]1SC[C@@H]2NC(=O)N[C@@H]21)NCCCCCCCCCCCC(=O)OC[C@@H](O)COP(=O)([O-])O.[NH4+]. The first kappa shape index (κ1) is 36.6. The highest BCUT2D eigenvalue weighted by molar-refractivity contribution is 8.00. The van der Waals surface area contributed by atoms with E-state index in [4.69, 9.17) is 9.63 Å². The van der Waals surface area contributed by atoms with Gasteiger partial charge in [-0.25, -0.2) is 4.79 Å². The van der Waals surface area contributed by atoms with Gasteiger partial charge in [0.1, 0.15) is 12.7 Å². The largest absolute Gasteiger partial charge is 0.756 e. The molecule has 0 aromatic carbocycles. The van der Waals surface area contributed by atoms with E-state index in [1.54, 1.807) is 0 Å². The van der Waals surface area contributed by atoms with Gasteiger partial charge in [-0.3, -0.25) is 14.2 Å². The molecular formula is C25H49N4O9PS. The zero-order valence-electron chi connectivity index (χ0n) is 23.6. The van der Waals surface area contributed by atoms with Gasteiger partial charge < -0.3 is 46.3 Å². The van der Waals surface area contributed by atoms with Gasteiger partial charge in [0.25, 0.3) is 7.82 Å². The van der Waals surface area contributed by atoms with Crippen LogP contribution >= 0.6 is 19.6 Å². The molecule has 2 aliphatic heterocycles. The number of carbonyl (C=O) groups excluding carboxylic acids is 3. The van der Waals surface area contributed by atoms with E-state index in [0.29, 0.717) is 18.1 Å². The maximum absolute atomic E-state index is 12.0. The van der Waals surface area contributed by atoms with Crippen LogP contribution in [0.4, 0.5) is 4.79 Å². The number of urea groups is 1. The standard InChI is InChI=1S/C25H46N3O9PS.H3N/c29-19(17-37-38(33,34)35)16-36-23(31)14-8-6-4-2-1-3-5-7-11-15-26-22(30)13-10-9-12-21-24-20(18-39-21)27-25(32)28-24;/h19-21,24,29H,1-18H2,(H,26,30)(H2,27,28,32)(H2,33,34,35);1H3/t19-,20+,21+,24+;/m1./s1. The van der Waals surface area contributed by atoms with Crippen molar-refractivity contribution in [1.29, 1.82) is 0 Å². The van der Waals surface area contributed by atoms with Crippen molar-refractivity contribution < 1.29 is 43.1 Å². The van der Waals surface area contributed by atoms with Gasteiger partial charge in [-0.2, -0.15) is 11.8 Å². The topological polar surface area (TPSA) is 223 Å². The summed E-state index contributed by atoms with van der Waals surface area (Å²) < 4.78 is 19.3. The Labute approximate surface area is 241 Å². The summed E-state index contributed by atoms with van der Waals surface area (Å²) in [6.45, 7) is -0.327. The van der Waals surface area contributed by atoms with Crippen LogP contribution in [0.25, 0.3) is 0 Å². The maximum atomic E-state index is 12.0. The fourth-order valence-electron chi connectivity index (χ4n) is 4.71. The quantitative estimate of drug-likeness (QED) is 0.0453. The molecule has 234 valence electrons. The Morgan fingerprint density at radius 2 is 1.62 bits per heavy atom. The van der Waals surface area contributed by atoms with Crippen molar-refractivity contribution in [3.63, 3.8) is 0 Å². The molecule has 0 aromatic rings. The number of aliphatic hydroxyl groups is 1. The van der Waals surface area contributed by atoms with Crippen molar-refractivity contribution in [1.82, 2.24) is 22.1 Å².